The number of hydrogen-bond acceptors (Lipinski definition) is 3. The molecule has 5 heteroatoms. The number of urea groups is 1. The minimum Gasteiger partial charge on any atom is -0.388 e. The molecular formula is C15H19N3O2. The highest BCUT2D eigenvalue weighted by Crippen LogP contribution is 2.31. The molecule has 5 nitrogen and oxygen atoms in total. The number of β-amino-alcohol motifs (C(OH)–C–C–N with tert-alkyl or cyclic N) is 1. The van der Waals surface area contributed by atoms with Crippen LogP contribution in [0.25, 0.3) is 6.08 Å². The minimum absolute atomic E-state index is 0.120. The van der Waals surface area contributed by atoms with Crippen LogP contribution in [0.5, 0.6) is 0 Å². The number of carbonyl (C=O) groups is 1. The lowest BCUT2D eigenvalue weighted by molar-refractivity contribution is 0.0243. The van der Waals surface area contributed by atoms with E-state index in [1.54, 1.807) is 17.3 Å². The Bertz CT molecular complexity index is 521. The molecule has 0 radical (unpaired) electrons. The molecule has 0 unspecified atom stereocenters. The third kappa shape index (κ3) is 2.82. The molecule has 2 amide bonds. The number of hydrogen-bond donors (Lipinski definition) is 2. The Kier molecular flexibility index (Phi) is 3.44. The van der Waals surface area contributed by atoms with E-state index in [1.165, 1.54) is 0 Å². The molecule has 0 spiro atoms. The van der Waals surface area contributed by atoms with Gasteiger partial charge in [0, 0.05) is 18.1 Å². The molecule has 2 aliphatic rings. The number of nitrogens with zero attached hydrogens (tertiary/aromatic N) is 2. The summed E-state index contributed by atoms with van der Waals surface area (Å²) in [4.78, 5) is 17.6. The fraction of sp³-hybridized carbons (Fsp3) is 0.467. The van der Waals surface area contributed by atoms with Crippen molar-refractivity contribution in [3.05, 3.63) is 35.8 Å². The zero-order valence-electron chi connectivity index (χ0n) is 11.4. The Morgan fingerprint density at radius 3 is 2.75 bits per heavy atom. The fourth-order valence-electron chi connectivity index (χ4n) is 2.95. The van der Waals surface area contributed by atoms with Gasteiger partial charge in [0.1, 0.15) is 0 Å². The van der Waals surface area contributed by atoms with E-state index in [2.05, 4.69) is 10.3 Å². The molecule has 1 aliphatic heterocycles. The lowest BCUT2D eigenvalue weighted by atomic mass is 10.0. The van der Waals surface area contributed by atoms with E-state index in [-0.39, 0.29) is 6.03 Å². The van der Waals surface area contributed by atoms with Crippen LogP contribution in [0.2, 0.25) is 0 Å². The van der Waals surface area contributed by atoms with Crippen molar-refractivity contribution in [3.63, 3.8) is 0 Å². The summed E-state index contributed by atoms with van der Waals surface area (Å²) in [5, 5.41) is 13.3. The minimum atomic E-state index is -0.691. The first kappa shape index (κ1) is 13.1. The molecule has 0 bridgehead atoms. The van der Waals surface area contributed by atoms with Crippen molar-refractivity contribution in [1.29, 1.82) is 0 Å². The summed E-state index contributed by atoms with van der Waals surface area (Å²) in [7, 11) is 0. The Morgan fingerprint density at radius 2 is 2.05 bits per heavy atom. The number of pyridine rings is 1. The van der Waals surface area contributed by atoms with Gasteiger partial charge in [0.2, 0.25) is 0 Å². The molecule has 0 atom stereocenters. The largest absolute Gasteiger partial charge is 0.388 e. The zero-order chi connectivity index (χ0) is 14.0. The van der Waals surface area contributed by atoms with Crippen LogP contribution in [0.1, 0.15) is 31.2 Å². The summed E-state index contributed by atoms with van der Waals surface area (Å²) in [6.07, 6.45) is 9.07. The van der Waals surface area contributed by atoms with E-state index in [4.69, 9.17) is 0 Å². The van der Waals surface area contributed by atoms with Gasteiger partial charge in [-0.05, 0) is 36.6 Å². The molecule has 0 aromatic carbocycles. The second-order valence-corrected chi connectivity index (χ2v) is 5.67. The van der Waals surface area contributed by atoms with Crippen LogP contribution in [0, 0.1) is 0 Å². The maximum atomic E-state index is 12.0. The predicted octanol–water partition coefficient (Wildman–Crippen LogP) is 1.75. The molecule has 1 aliphatic carbocycles. The molecule has 106 valence electrons. The number of carbonyl (C=O) groups excluding carboxylic acids is 1. The van der Waals surface area contributed by atoms with Crippen LogP contribution in [0.3, 0.4) is 0 Å². The Labute approximate surface area is 118 Å². The maximum Gasteiger partial charge on any atom is 0.322 e. The van der Waals surface area contributed by atoms with Crippen LogP contribution in [-0.4, -0.2) is 39.7 Å². The lowest BCUT2D eigenvalue weighted by Crippen LogP contribution is -2.42. The van der Waals surface area contributed by atoms with Gasteiger partial charge in [-0.15, -0.1) is 0 Å². The lowest BCUT2D eigenvalue weighted by Gasteiger charge is -2.27. The molecule has 3 rings (SSSR count). The van der Waals surface area contributed by atoms with Gasteiger partial charge in [-0.1, -0.05) is 12.8 Å². The Hall–Kier alpha value is -1.88. The van der Waals surface area contributed by atoms with Crippen molar-refractivity contribution < 1.29 is 9.90 Å². The van der Waals surface area contributed by atoms with Crippen molar-refractivity contribution in [1.82, 2.24) is 15.2 Å². The molecule has 1 aromatic heterocycles. The van der Waals surface area contributed by atoms with Gasteiger partial charge in [0.25, 0.3) is 0 Å². The van der Waals surface area contributed by atoms with Crippen molar-refractivity contribution in [2.45, 2.75) is 31.3 Å². The van der Waals surface area contributed by atoms with E-state index < -0.39 is 5.60 Å². The van der Waals surface area contributed by atoms with E-state index in [0.717, 1.165) is 36.9 Å². The second kappa shape index (κ2) is 5.25. The smallest absolute Gasteiger partial charge is 0.322 e. The van der Waals surface area contributed by atoms with E-state index in [9.17, 15) is 9.90 Å². The number of aliphatic hydroxyl groups is 1. The first-order valence-electron chi connectivity index (χ1n) is 7.04. The van der Waals surface area contributed by atoms with E-state index in [1.807, 2.05) is 18.2 Å². The van der Waals surface area contributed by atoms with Crippen molar-refractivity contribution in [2.75, 3.05) is 13.1 Å². The summed E-state index contributed by atoms with van der Waals surface area (Å²) in [6.45, 7) is 0.954. The Morgan fingerprint density at radius 1 is 1.35 bits per heavy atom. The van der Waals surface area contributed by atoms with Gasteiger partial charge >= 0.3 is 6.03 Å². The van der Waals surface area contributed by atoms with E-state index >= 15 is 0 Å². The standard InChI is InChI=1S/C15H19N3O2/c19-14-17-13(9-12-3-7-16-8-4-12)10-18(14)11-15(20)5-1-2-6-15/h3-4,7-9,20H,1-2,5-6,10-11H2,(H,17,19)/b13-9-. The monoisotopic (exact) mass is 273 g/mol. The van der Waals surface area contributed by atoms with Crippen LogP contribution in [0.4, 0.5) is 4.79 Å². The molecule has 2 N–H and O–H groups in total. The summed E-state index contributed by atoms with van der Waals surface area (Å²) >= 11 is 0. The number of rotatable bonds is 3. The quantitative estimate of drug-likeness (QED) is 0.882. The van der Waals surface area contributed by atoms with Crippen molar-refractivity contribution in [3.8, 4) is 0 Å². The van der Waals surface area contributed by atoms with Crippen LogP contribution >= 0.6 is 0 Å². The SMILES string of the molecule is O=C1N/C(=C\c2ccncc2)CN1CC1(O)CCCC1. The van der Waals surface area contributed by atoms with Crippen LogP contribution in [-0.2, 0) is 0 Å². The average Bonchev–Trinajstić information content (AvgIpc) is 2.99. The maximum absolute atomic E-state index is 12.0. The summed E-state index contributed by atoms with van der Waals surface area (Å²) < 4.78 is 0. The average molecular weight is 273 g/mol. The predicted molar refractivity (Wildman–Crippen MR) is 75.7 cm³/mol. The van der Waals surface area contributed by atoms with Gasteiger partial charge in [-0.3, -0.25) is 4.98 Å². The highest BCUT2D eigenvalue weighted by atomic mass is 16.3. The van der Waals surface area contributed by atoms with Gasteiger partial charge in [0.05, 0.1) is 18.7 Å². The van der Waals surface area contributed by atoms with Gasteiger partial charge < -0.3 is 15.3 Å². The third-order valence-electron chi connectivity index (χ3n) is 3.98. The number of aromatic nitrogens is 1. The van der Waals surface area contributed by atoms with Gasteiger partial charge in [-0.25, -0.2) is 4.79 Å². The van der Waals surface area contributed by atoms with Gasteiger partial charge in [-0.2, -0.15) is 0 Å². The molecule has 1 saturated carbocycles. The van der Waals surface area contributed by atoms with E-state index in [0.29, 0.717) is 13.1 Å². The number of nitrogens with one attached hydrogen (secondary N) is 1. The molecule has 2 heterocycles. The molecule has 20 heavy (non-hydrogen) atoms. The normalized spacial score (nSPS) is 23.4. The van der Waals surface area contributed by atoms with Crippen molar-refractivity contribution >= 4 is 12.1 Å². The Balaban J connectivity index is 1.68. The summed E-state index contributed by atoms with van der Waals surface area (Å²) in [5.41, 5.74) is 1.18. The summed E-state index contributed by atoms with van der Waals surface area (Å²) in [5.74, 6) is 0. The molecular weight excluding hydrogens is 254 g/mol. The third-order valence-corrected chi connectivity index (χ3v) is 3.98. The molecule has 1 aromatic rings. The highest BCUT2D eigenvalue weighted by molar-refractivity contribution is 5.81. The topological polar surface area (TPSA) is 65.5 Å². The van der Waals surface area contributed by atoms with Crippen LogP contribution < -0.4 is 5.32 Å². The fourth-order valence-corrected chi connectivity index (χ4v) is 2.95. The first-order valence-corrected chi connectivity index (χ1v) is 7.04. The van der Waals surface area contributed by atoms with Gasteiger partial charge in [0.15, 0.2) is 0 Å². The zero-order valence-corrected chi connectivity index (χ0v) is 11.4. The number of amides is 2. The second-order valence-electron chi connectivity index (χ2n) is 5.67. The van der Waals surface area contributed by atoms with Crippen molar-refractivity contribution in [2.24, 2.45) is 0 Å². The van der Waals surface area contributed by atoms with Crippen LogP contribution in [0.15, 0.2) is 30.2 Å². The first-order chi connectivity index (χ1) is 9.65. The molecule has 1 saturated heterocycles. The highest BCUT2D eigenvalue weighted by Gasteiger charge is 2.36. The molecule has 2 fully saturated rings. The summed E-state index contributed by atoms with van der Waals surface area (Å²) in [6, 6.07) is 3.67.